The Labute approximate surface area is 48.9 Å². The zero-order valence-electron chi connectivity index (χ0n) is 5.00. The van der Waals surface area contributed by atoms with Crippen molar-refractivity contribution in [3.63, 3.8) is 0 Å². The summed E-state index contributed by atoms with van der Waals surface area (Å²) in [4.78, 5) is 0. The molecule has 2 N–H and O–H groups in total. The Bertz CT molecular complexity index is 44.9. The zero-order valence-corrected chi connectivity index (χ0v) is 5.00. The molecule has 8 heavy (non-hydrogen) atoms. The van der Waals surface area contributed by atoms with E-state index in [1.165, 1.54) is 0 Å². The first kappa shape index (κ1) is 7.88. The minimum Gasteiger partial charge on any atom is -0.394 e. The predicted octanol–water partition coefficient (Wildman–Crippen LogP) is -0.624. The molecule has 0 aromatic heterocycles. The van der Waals surface area contributed by atoms with Crippen LogP contribution < -0.4 is 0 Å². The number of ether oxygens (including phenoxy) is 1. The van der Waals surface area contributed by atoms with E-state index in [1.807, 2.05) is 0 Å². The van der Waals surface area contributed by atoms with Crippen LogP contribution in [0, 0.1) is 0 Å². The van der Waals surface area contributed by atoms with Crippen molar-refractivity contribution in [3.05, 3.63) is 0 Å². The summed E-state index contributed by atoms with van der Waals surface area (Å²) in [7, 11) is 0. The van der Waals surface area contributed by atoms with Crippen LogP contribution in [0.3, 0.4) is 0 Å². The van der Waals surface area contributed by atoms with Gasteiger partial charge in [-0.3, -0.25) is 0 Å². The van der Waals surface area contributed by atoms with Crippen molar-refractivity contribution in [3.8, 4) is 0 Å². The molecule has 0 saturated carbocycles. The molecule has 0 aromatic carbocycles. The summed E-state index contributed by atoms with van der Waals surface area (Å²) in [5.41, 5.74) is 0. The van der Waals surface area contributed by atoms with Gasteiger partial charge in [0.25, 0.3) is 0 Å². The molecule has 0 amide bonds. The van der Waals surface area contributed by atoms with Gasteiger partial charge in [0.1, 0.15) is 0 Å². The first-order chi connectivity index (χ1) is 3.77. The Balaban J connectivity index is 2.72. The molecule has 0 aromatic rings. The van der Waals surface area contributed by atoms with Gasteiger partial charge in [-0.2, -0.15) is 0 Å². The second-order valence-electron chi connectivity index (χ2n) is 1.65. The lowest BCUT2D eigenvalue weighted by atomic mass is 10.4. The summed E-state index contributed by atoms with van der Waals surface area (Å²) in [5, 5.41) is 16.7. The smallest absolute Gasteiger partial charge is 0.0745 e. The summed E-state index contributed by atoms with van der Waals surface area (Å²) in [6, 6.07) is 0. The van der Waals surface area contributed by atoms with Gasteiger partial charge in [0.2, 0.25) is 0 Å². The van der Waals surface area contributed by atoms with Gasteiger partial charge < -0.3 is 14.9 Å². The molecule has 0 fully saturated rings. The van der Waals surface area contributed by atoms with Gasteiger partial charge in [-0.15, -0.1) is 0 Å². The largest absolute Gasteiger partial charge is 0.394 e. The first-order valence-electron chi connectivity index (χ1n) is 2.64. The summed E-state index contributed by atoms with van der Waals surface area (Å²) in [5.74, 6) is 0. The van der Waals surface area contributed by atoms with Gasteiger partial charge in [-0.25, -0.2) is 0 Å². The molecule has 0 saturated heterocycles. The lowest BCUT2D eigenvalue weighted by Gasteiger charge is -2.02. The van der Waals surface area contributed by atoms with Crippen LogP contribution in [0.5, 0.6) is 0 Å². The van der Waals surface area contributed by atoms with E-state index >= 15 is 0 Å². The van der Waals surface area contributed by atoms with Crippen LogP contribution in [0.25, 0.3) is 0 Å². The molecule has 0 radical (unpaired) electrons. The van der Waals surface area contributed by atoms with Crippen molar-refractivity contribution in [1.29, 1.82) is 0 Å². The second kappa shape index (κ2) is 5.03. The molecule has 3 heteroatoms. The van der Waals surface area contributed by atoms with E-state index in [4.69, 9.17) is 14.9 Å². The molecule has 0 spiro atoms. The maximum Gasteiger partial charge on any atom is 0.0745 e. The van der Waals surface area contributed by atoms with Gasteiger partial charge >= 0.3 is 0 Å². The van der Waals surface area contributed by atoms with Crippen molar-refractivity contribution in [2.45, 2.75) is 13.0 Å². The van der Waals surface area contributed by atoms with Gasteiger partial charge in [0.15, 0.2) is 0 Å². The van der Waals surface area contributed by atoms with Gasteiger partial charge in [0, 0.05) is 0 Å². The highest BCUT2D eigenvalue weighted by atomic mass is 16.5. The Morgan fingerprint density at radius 3 is 2.62 bits per heavy atom. The molecule has 50 valence electrons. The number of aliphatic hydroxyl groups excluding tert-OH is 2. The highest BCUT2D eigenvalue weighted by molar-refractivity contribution is 4.39. The molecule has 0 aliphatic carbocycles. The number of rotatable bonds is 4. The van der Waals surface area contributed by atoms with Crippen LogP contribution >= 0.6 is 0 Å². The molecular formula is C5H12O3. The second-order valence-corrected chi connectivity index (χ2v) is 1.65. The van der Waals surface area contributed by atoms with Crippen molar-refractivity contribution in [2.75, 3.05) is 19.8 Å². The van der Waals surface area contributed by atoms with Crippen molar-refractivity contribution in [2.24, 2.45) is 0 Å². The first-order valence-corrected chi connectivity index (χ1v) is 2.64. The summed E-state index contributed by atoms with van der Waals surface area (Å²) in [6.45, 7) is 2.27. The molecular weight excluding hydrogens is 108 g/mol. The number of aliphatic hydroxyl groups is 2. The molecule has 0 heterocycles. The summed E-state index contributed by atoms with van der Waals surface area (Å²) < 4.78 is 4.74. The molecule has 0 aliphatic heterocycles. The topological polar surface area (TPSA) is 49.7 Å². The lowest BCUT2D eigenvalue weighted by molar-refractivity contribution is 0.0292. The van der Waals surface area contributed by atoms with E-state index in [1.54, 1.807) is 6.92 Å². The van der Waals surface area contributed by atoms with Crippen molar-refractivity contribution >= 4 is 0 Å². The van der Waals surface area contributed by atoms with Gasteiger partial charge in [-0.05, 0) is 6.92 Å². The number of hydrogen-bond donors (Lipinski definition) is 2. The molecule has 0 bridgehead atoms. The Kier molecular flexibility index (Phi) is 4.95. The van der Waals surface area contributed by atoms with E-state index in [0.717, 1.165) is 0 Å². The fraction of sp³-hybridized carbons (Fsp3) is 1.00. The monoisotopic (exact) mass is 120 g/mol. The zero-order chi connectivity index (χ0) is 6.41. The Morgan fingerprint density at radius 2 is 2.25 bits per heavy atom. The highest BCUT2D eigenvalue weighted by Crippen LogP contribution is 1.80. The highest BCUT2D eigenvalue weighted by Gasteiger charge is 1.91. The average molecular weight is 120 g/mol. The normalized spacial score (nSPS) is 13.9. The van der Waals surface area contributed by atoms with Gasteiger partial charge in [0.05, 0.1) is 25.9 Å². The van der Waals surface area contributed by atoms with Crippen LogP contribution in [-0.2, 0) is 4.74 Å². The number of hydrogen-bond acceptors (Lipinski definition) is 3. The average Bonchev–Trinajstić information content (AvgIpc) is 1.66. The molecule has 3 nitrogen and oxygen atoms in total. The van der Waals surface area contributed by atoms with Gasteiger partial charge in [-0.1, -0.05) is 0 Å². The fourth-order valence-corrected chi connectivity index (χ4v) is 0.318. The molecule has 0 aliphatic rings. The van der Waals surface area contributed by atoms with Crippen LogP contribution in [0.2, 0.25) is 0 Å². The third kappa shape index (κ3) is 5.88. The Morgan fingerprint density at radius 1 is 1.62 bits per heavy atom. The quantitative estimate of drug-likeness (QED) is 0.486. The van der Waals surface area contributed by atoms with E-state index in [9.17, 15) is 0 Å². The molecule has 0 unspecified atom stereocenters. The van der Waals surface area contributed by atoms with Crippen LogP contribution in [0.4, 0.5) is 0 Å². The summed E-state index contributed by atoms with van der Waals surface area (Å²) in [6.07, 6.45) is -0.429. The van der Waals surface area contributed by atoms with Crippen LogP contribution in [0.1, 0.15) is 6.92 Å². The standard InChI is InChI=1S/C5H12O3/c1-5(7)4-8-3-2-6/h5-7H,2-4H2,1H3/t5-/m0/s1. The van der Waals surface area contributed by atoms with E-state index in [0.29, 0.717) is 13.2 Å². The van der Waals surface area contributed by atoms with Crippen LogP contribution in [0.15, 0.2) is 0 Å². The van der Waals surface area contributed by atoms with E-state index < -0.39 is 6.10 Å². The van der Waals surface area contributed by atoms with E-state index in [2.05, 4.69) is 0 Å². The fourth-order valence-electron chi connectivity index (χ4n) is 0.318. The van der Waals surface area contributed by atoms with E-state index in [-0.39, 0.29) is 6.61 Å². The predicted molar refractivity (Wildman–Crippen MR) is 29.6 cm³/mol. The lowest BCUT2D eigenvalue weighted by Crippen LogP contribution is -2.12. The molecule has 1 atom stereocenters. The SMILES string of the molecule is C[C@H](O)COCCO. The maximum atomic E-state index is 8.57. The molecule has 0 rings (SSSR count). The maximum absolute atomic E-state index is 8.57. The minimum atomic E-state index is -0.429. The van der Waals surface area contributed by atoms with Crippen molar-refractivity contribution < 1.29 is 14.9 Å². The third-order valence-corrected chi connectivity index (χ3v) is 0.595. The van der Waals surface area contributed by atoms with Crippen LogP contribution in [-0.4, -0.2) is 36.1 Å². The Hall–Kier alpha value is -0.120. The minimum absolute atomic E-state index is 0.0206. The third-order valence-electron chi connectivity index (χ3n) is 0.595. The van der Waals surface area contributed by atoms with Crippen molar-refractivity contribution in [1.82, 2.24) is 0 Å². The summed E-state index contributed by atoms with van der Waals surface area (Å²) >= 11 is 0.